The molecule has 0 aliphatic heterocycles. The van der Waals surface area contributed by atoms with Crippen molar-refractivity contribution in [3.63, 3.8) is 0 Å². The van der Waals surface area contributed by atoms with Gasteiger partial charge in [-0.05, 0) is 50.6 Å². The topological polar surface area (TPSA) is 90.6 Å². The Labute approximate surface area is 172 Å². The Morgan fingerprint density at radius 1 is 1.24 bits per heavy atom. The van der Waals surface area contributed by atoms with Crippen LogP contribution in [0.25, 0.3) is 11.3 Å². The number of hydrogen-bond acceptors (Lipinski definition) is 7. The van der Waals surface area contributed by atoms with Crippen LogP contribution in [0.5, 0.6) is 11.6 Å². The molecule has 0 saturated heterocycles. The molecule has 8 nitrogen and oxygen atoms in total. The van der Waals surface area contributed by atoms with Crippen LogP contribution in [0.2, 0.25) is 0 Å². The fraction of sp³-hybridized carbons (Fsp3) is 0.300. The molecule has 0 unspecified atom stereocenters. The average Bonchev–Trinajstić information content (AvgIpc) is 3.16. The number of nitrogens with one attached hydrogen (secondary N) is 1. The summed E-state index contributed by atoms with van der Waals surface area (Å²) in [5, 5.41) is 6.33. The zero-order valence-electron chi connectivity index (χ0n) is 16.7. The minimum atomic E-state index is -0.379. The first-order valence-electron chi connectivity index (χ1n) is 8.95. The second-order valence-electron chi connectivity index (χ2n) is 7.12. The van der Waals surface area contributed by atoms with Crippen LogP contribution in [-0.4, -0.2) is 34.2 Å². The Morgan fingerprint density at radius 3 is 2.62 bits per heavy atom. The lowest BCUT2D eigenvalue weighted by atomic mass is 10.1. The Morgan fingerprint density at radius 2 is 2.00 bits per heavy atom. The highest BCUT2D eigenvalue weighted by atomic mass is 32.1. The molecule has 152 valence electrons. The van der Waals surface area contributed by atoms with Crippen molar-refractivity contribution in [2.75, 3.05) is 13.7 Å². The lowest BCUT2D eigenvalue weighted by Gasteiger charge is -2.24. The van der Waals surface area contributed by atoms with Gasteiger partial charge < -0.3 is 14.0 Å². The minimum Gasteiger partial charge on any atom is -0.497 e. The Hall–Kier alpha value is -3.20. The first kappa shape index (κ1) is 20.5. The van der Waals surface area contributed by atoms with Crippen molar-refractivity contribution in [2.45, 2.75) is 26.3 Å². The van der Waals surface area contributed by atoms with Crippen LogP contribution in [0, 0.1) is 0 Å². The molecule has 0 aliphatic rings. The van der Waals surface area contributed by atoms with E-state index in [4.69, 9.17) is 9.47 Å². The van der Waals surface area contributed by atoms with Crippen LogP contribution in [0.1, 0.15) is 20.8 Å². The maximum atomic E-state index is 12.1. The van der Waals surface area contributed by atoms with Crippen molar-refractivity contribution in [3.8, 4) is 22.9 Å². The third kappa shape index (κ3) is 5.20. The summed E-state index contributed by atoms with van der Waals surface area (Å²) >= 11 is 1.45. The van der Waals surface area contributed by atoms with Crippen molar-refractivity contribution < 1.29 is 14.3 Å². The summed E-state index contributed by atoms with van der Waals surface area (Å²) in [6, 6.07) is 7.84. The lowest BCUT2D eigenvalue weighted by molar-refractivity contribution is -0.123. The van der Waals surface area contributed by atoms with Gasteiger partial charge in [0, 0.05) is 23.3 Å². The molecule has 1 aromatic carbocycles. The number of thiazole rings is 1. The SMILES string of the molecule is COc1ccc(-c2cs/c(=N\NC(=O)COc3cnccn3)n2C(C)(C)C)cc1. The van der Waals surface area contributed by atoms with Gasteiger partial charge in [0.25, 0.3) is 5.91 Å². The van der Waals surface area contributed by atoms with Crippen molar-refractivity contribution in [1.29, 1.82) is 0 Å². The highest BCUT2D eigenvalue weighted by Crippen LogP contribution is 2.27. The number of nitrogens with zero attached hydrogens (tertiary/aromatic N) is 4. The van der Waals surface area contributed by atoms with E-state index in [0.29, 0.717) is 4.80 Å². The number of aromatic nitrogens is 3. The Kier molecular flexibility index (Phi) is 6.28. The molecule has 3 aromatic rings. The summed E-state index contributed by atoms with van der Waals surface area (Å²) in [5.74, 6) is 0.701. The predicted molar refractivity (Wildman–Crippen MR) is 111 cm³/mol. The molecule has 2 aromatic heterocycles. The van der Waals surface area contributed by atoms with E-state index in [0.717, 1.165) is 17.0 Å². The predicted octanol–water partition coefficient (Wildman–Crippen LogP) is 2.78. The van der Waals surface area contributed by atoms with Gasteiger partial charge >= 0.3 is 0 Å². The van der Waals surface area contributed by atoms with Crippen LogP contribution in [0.3, 0.4) is 0 Å². The maximum absolute atomic E-state index is 12.1. The molecule has 0 bridgehead atoms. The second-order valence-corrected chi connectivity index (χ2v) is 7.95. The summed E-state index contributed by atoms with van der Waals surface area (Å²) < 4.78 is 12.6. The number of amides is 1. The van der Waals surface area contributed by atoms with Crippen molar-refractivity contribution >= 4 is 17.2 Å². The number of carbonyl (C=O) groups excluding carboxylic acids is 1. The van der Waals surface area contributed by atoms with Gasteiger partial charge in [-0.2, -0.15) is 0 Å². The van der Waals surface area contributed by atoms with Gasteiger partial charge in [-0.25, -0.2) is 10.4 Å². The smallest absolute Gasteiger partial charge is 0.278 e. The van der Waals surface area contributed by atoms with Crippen molar-refractivity contribution in [2.24, 2.45) is 5.10 Å². The number of ether oxygens (including phenoxy) is 2. The summed E-state index contributed by atoms with van der Waals surface area (Å²) in [5.41, 5.74) is 4.35. The zero-order chi connectivity index (χ0) is 20.9. The second kappa shape index (κ2) is 8.87. The van der Waals surface area contributed by atoms with Crippen LogP contribution in [0.4, 0.5) is 0 Å². The van der Waals surface area contributed by atoms with E-state index in [9.17, 15) is 4.79 Å². The molecule has 1 N–H and O–H groups in total. The molecule has 0 fully saturated rings. The minimum absolute atomic E-state index is 0.200. The standard InChI is InChI=1S/C20H23N5O3S/c1-20(2,3)25-16(14-5-7-15(27-4)8-6-14)13-29-19(25)24-23-17(26)12-28-18-11-21-9-10-22-18/h5-11,13H,12H2,1-4H3,(H,23,26)/b24-19-. The quantitative estimate of drug-likeness (QED) is 0.628. The fourth-order valence-electron chi connectivity index (χ4n) is 2.64. The molecular weight excluding hydrogens is 390 g/mol. The summed E-state index contributed by atoms with van der Waals surface area (Å²) in [6.07, 6.45) is 4.47. The van der Waals surface area contributed by atoms with Gasteiger partial charge in [0.1, 0.15) is 5.75 Å². The first-order valence-corrected chi connectivity index (χ1v) is 9.83. The molecule has 29 heavy (non-hydrogen) atoms. The molecule has 0 aliphatic carbocycles. The Balaban J connectivity index is 1.81. The van der Waals surface area contributed by atoms with E-state index in [1.165, 1.54) is 29.9 Å². The molecule has 0 atom stereocenters. The number of benzene rings is 1. The molecule has 1 amide bonds. The van der Waals surface area contributed by atoms with E-state index >= 15 is 0 Å². The largest absolute Gasteiger partial charge is 0.497 e. The van der Waals surface area contributed by atoms with E-state index < -0.39 is 0 Å². The highest BCUT2D eigenvalue weighted by molar-refractivity contribution is 7.07. The molecule has 0 radical (unpaired) electrons. The van der Waals surface area contributed by atoms with Crippen LogP contribution in [-0.2, 0) is 10.3 Å². The van der Waals surface area contributed by atoms with Gasteiger partial charge in [-0.3, -0.25) is 9.78 Å². The summed E-state index contributed by atoms with van der Waals surface area (Å²) in [6.45, 7) is 6.06. The Bertz CT molecular complexity index is 1020. The average molecular weight is 414 g/mol. The zero-order valence-corrected chi connectivity index (χ0v) is 17.6. The normalized spacial score (nSPS) is 11.9. The van der Waals surface area contributed by atoms with E-state index in [2.05, 4.69) is 45.8 Å². The van der Waals surface area contributed by atoms with Crippen molar-refractivity contribution in [1.82, 2.24) is 20.0 Å². The first-order chi connectivity index (χ1) is 13.9. The third-order valence-electron chi connectivity index (χ3n) is 3.93. The molecule has 0 spiro atoms. The third-order valence-corrected chi connectivity index (χ3v) is 4.76. The number of carbonyl (C=O) groups is 1. The van der Waals surface area contributed by atoms with Crippen LogP contribution in [0.15, 0.2) is 53.3 Å². The summed E-state index contributed by atoms with van der Waals surface area (Å²) in [4.78, 5) is 20.6. The van der Waals surface area contributed by atoms with Crippen molar-refractivity contribution in [3.05, 3.63) is 53.0 Å². The number of hydrogen-bond donors (Lipinski definition) is 1. The van der Waals surface area contributed by atoms with Gasteiger partial charge in [0.05, 0.1) is 19.0 Å². The highest BCUT2D eigenvalue weighted by Gasteiger charge is 2.20. The van der Waals surface area contributed by atoms with Gasteiger partial charge in [0.2, 0.25) is 10.7 Å². The van der Waals surface area contributed by atoms with Gasteiger partial charge in [-0.1, -0.05) is 0 Å². The summed E-state index contributed by atoms with van der Waals surface area (Å²) in [7, 11) is 1.64. The lowest BCUT2D eigenvalue weighted by Crippen LogP contribution is -2.34. The molecule has 3 rings (SSSR count). The van der Waals surface area contributed by atoms with E-state index in [1.807, 2.05) is 29.6 Å². The molecule has 2 heterocycles. The van der Waals surface area contributed by atoms with Crippen LogP contribution >= 0.6 is 11.3 Å². The maximum Gasteiger partial charge on any atom is 0.278 e. The number of methoxy groups -OCH3 is 1. The van der Waals surface area contributed by atoms with Crippen LogP contribution < -0.4 is 19.7 Å². The van der Waals surface area contributed by atoms with Gasteiger partial charge in [-0.15, -0.1) is 16.4 Å². The molecular formula is C20H23N5O3S. The number of rotatable bonds is 6. The fourth-order valence-corrected chi connectivity index (χ4v) is 3.68. The van der Waals surface area contributed by atoms with E-state index in [-0.39, 0.29) is 23.9 Å². The van der Waals surface area contributed by atoms with Gasteiger partial charge in [0.15, 0.2) is 6.61 Å². The molecule has 9 heteroatoms. The monoisotopic (exact) mass is 413 g/mol. The molecule has 0 saturated carbocycles. The van der Waals surface area contributed by atoms with E-state index in [1.54, 1.807) is 7.11 Å².